The largest absolute Gasteiger partial charge is 0.398 e. The zero-order chi connectivity index (χ0) is 12.1. The molecule has 0 unspecified atom stereocenters. The van der Waals surface area contributed by atoms with Crippen molar-refractivity contribution >= 4 is 33.2 Å². The number of hydrogen-bond acceptors (Lipinski definition) is 3. The number of amides is 1. The highest BCUT2D eigenvalue weighted by atomic mass is 79.9. The highest BCUT2D eigenvalue weighted by Crippen LogP contribution is 2.23. The Hall–Kier alpha value is -1.07. The summed E-state index contributed by atoms with van der Waals surface area (Å²) in [4.78, 5) is 11.4. The van der Waals surface area contributed by atoms with Crippen LogP contribution in [0.5, 0.6) is 0 Å². The van der Waals surface area contributed by atoms with E-state index in [0.717, 1.165) is 4.47 Å². The topological polar surface area (TPSA) is 64.3 Å². The predicted octanol–water partition coefficient (Wildman–Crippen LogP) is 2.39. The summed E-state index contributed by atoms with van der Waals surface area (Å²) in [6.07, 6.45) is 0.0453. The molecular formula is C11H15BrN2O2. The van der Waals surface area contributed by atoms with Crippen LogP contribution in [0.1, 0.15) is 13.8 Å². The zero-order valence-electron chi connectivity index (χ0n) is 9.29. The van der Waals surface area contributed by atoms with E-state index < -0.39 is 0 Å². The molecule has 0 bridgehead atoms. The van der Waals surface area contributed by atoms with E-state index in [2.05, 4.69) is 21.2 Å². The Morgan fingerprint density at radius 3 is 2.81 bits per heavy atom. The highest BCUT2D eigenvalue weighted by molar-refractivity contribution is 9.10. The molecule has 1 rings (SSSR count). The molecule has 3 N–H and O–H groups in total. The first-order valence-electron chi connectivity index (χ1n) is 4.95. The Balaban J connectivity index is 2.53. The molecule has 1 aromatic rings. The fourth-order valence-corrected chi connectivity index (χ4v) is 1.42. The number of benzene rings is 1. The smallest absolute Gasteiger partial charge is 0.250 e. The first kappa shape index (κ1) is 13.0. The van der Waals surface area contributed by atoms with Gasteiger partial charge in [-0.05, 0) is 48.0 Å². The van der Waals surface area contributed by atoms with Crippen LogP contribution in [0.25, 0.3) is 0 Å². The van der Waals surface area contributed by atoms with Gasteiger partial charge in [0.25, 0.3) is 0 Å². The van der Waals surface area contributed by atoms with Crippen molar-refractivity contribution < 1.29 is 9.53 Å². The van der Waals surface area contributed by atoms with E-state index >= 15 is 0 Å². The average Bonchev–Trinajstić information content (AvgIpc) is 2.21. The van der Waals surface area contributed by atoms with Gasteiger partial charge in [-0.15, -0.1) is 0 Å². The van der Waals surface area contributed by atoms with Gasteiger partial charge >= 0.3 is 0 Å². The molecule has 0 aliphatic rings. The second kappa shape index (κ2) is 5.86. The molecule has 0 aromatic heterocycles. The minimum atomic E-state index is -0.176. The van der Waals surface area contributed by atoms with Gasteiger partial charge in [0.1, 0.15) is 6.61 Å². The Labute approximate surface area is 103 Å². The molecule has 0 heterocycles. The number of rotatable bonds is 4. The van der Waals surface area contributed by atoms with Crippen LogP contribution in [0.4, 0.5) is 11.4 Å². The molecule has 0 saturated heterocycles. The minimum absolute atomic E-state index is 0.0453. The van der Waals surface area contributed by atoms with Crippen molar-refractivity contribution in [2.75, 3.05) is 17.7 Å². The minimum Gasteiger partial charge on any atom is -0.398 e. The SMILES string of the molecule is CC(C)OCC(=O)Nc1ccc(N)c(Br)c1. The normalized spacial score (nSPS) is 10.5. The molecule has 0 saturated carbocycles. The summed E-state index contributed by atoms with van der Waals surface area (Å²) in [6, 6.07) is 5.22. The Morgan fingerprint density at radius 2 is 2.25 bits per heavy atom. The Kier molecular flexibility index (Phi) is 4.76. The molecule has 0 atom stereocenters. The molecule has 1 aromatic carbocycles. The van der Waals surface area contributed by atoms with E-state index in [4.69, 9.17) is 10.5 Å². The van der Waals surface area contributed by atoms with Gasteiger partial charge in [-0.3, -0.25) is 4.79 Å². The van der Waals surface area contributed by atoms with E-state index in [1.54, 1.807) is 18.2 Å². The van der Waals surface area contributed by atoms with Crippen molar-refractivity contribution in [3.63, 3.8) is 0 Å². The predicted molar refractivity (Wildman–Crippen MR) is 68.3 cm³/mol. The maximum Gasteiger partial charge on any atom is 0.250 e. The second-order valence-corrected chi connectivity index (χ2v) is 4.50. The van der Waals surface area contributed by atoms with Crippen LogP contribution in [0.15, 0.2) is 22.7 Å². The Morgan fingerprint density at radius 1 is 1.56 bits per heavy atom. The van der Waals surface area contributed by atoms with Crippen LogP contribution in [0.2, 0.25) is 0 Å². The maximum absolute atomic E-state index is 11.4. The number of anilines is 2. The van der Waals surface area contributed by atoms with Crippen molar-refractivity contribution in [3.05, 3.63) is 22.7 Å². The van der Waals surface area contributed by atoms with Crippen molar-refractivity contribution in [2.45, 2.75) is 20.0 Å². The molecule has 88 valence electrons. The molecule has 0 aliphatic carbocycles. The molecule has 0 radical (unpaired) electrons. The number of hydrogen-bond donors (Lipinski definition) is 2. The molecule has 16 heavy (non-hydrogen) atoms. The van der Waals surface area contributed by atoms with Gasteiger partial charge in [0.05, 0.1) is 6.10 Å². The summed E-state index contributed by atoms with van der Waals surface area (Å²) in [5.41, 5.74) is 6.96. The lowest BCUT2D eigenvalue weighted by Gasteiger charge is -2.09. The lowest BCUT2D eigenvalue weighted by Crippen LogP contribution is -2.20. The van der Waals surface area contributed by atoms with Crippen LogP contribution in [0, 0.1) is 0 Å². The third-order valence-electron chi connectivity index (χ3n) is 1.83. The molecule has 0 fully saturated rings. The maximum atomic E-state index is 11.4. The number of nitrogens with one attached hydrogen (secondary N) is 1. The molecular weight excluding hydrogens is 272 g/mol. The second-order valence-electron chi connectivity index (χ2n) is 3.64. The van der Waals surface area contributed by atoms with E-state index in [0.29, 0.717) is 11.4 Å². The number of carbonyl (C=O) groups excluding carboxylic acids is 1. The quantitative estimate of drug-likeness (QED) is 0.836. The number of ether oxygens (including phenoxy) is 1. The molecule has 1 amide bonds. The van der Waals surface area contributed by atoms with Gasteiger partial charge in [-0.2, -0.15) is 0 Å². The summed E-state index contributed by atoms with van der Waals surface area (Å²) < 4.78 is 5.94. The molecule has 5 heteroatoms. The number of carbonyl (C=O) groups is 1. The van der Waals surface area contributed by atoms with Crippen LogP contribution in [0.3, 0.4) is 0 Å². The Bertz CT molecular complexity index is 380. The van der Waals surface area contributed by atoms with Crippen molar-refractivity contribution in [3.8, 4) is 0 Å². The van der Waals surface area contributed by atoms with Gasteiger partial charge in [-0.1, -0.05) is 0 Å². The molecule has 4 nitrogen and oxygen atoms in total. The fourth-order valence-electron chi connectivity index (χ4n) is 1.04. The number of nitrogen functional groups attached to an aromatic ring is 1. The van der Waals surface area contributed by atoms with Gasteiger partial charge in [0, 0.05) is 15.8 Å². The van der Waals surface area contributed by atoms with Gasteiger partial charge in [0.15, 0.2) is 0 Å². The van der Waals surface area contributed by atoms with Crippen LogP contribution >= 0.6 is 15.9 Å². The zero-order valence-corrected chi connectivity index (χ0v) is 10.9. The van der Waals surface area contributed by atoms with Gasteiger partial charge in [0.2, 0.25) is 5.91 Å². The summed E-state index contributed by atoms with van der Waals surface area (Å²) >= 11 is 3.29. The lowest BCUT2D eigenvalue weighted by molar-refractivity contribution is -0.121. The first-order chi connectivity index (χ1) is 7.49. The highest BCUT2D eigenvalue weighted by Gasteiger charge is 2.05. The van der Waals surface area contributed by atoms with E-state index in [9.17, 15) is 4.79 Å². The third kappa shape index (κ3) is 4.20. The summed E-state index contributed by atoms with van der Waals surface area (Å²) in [7, 11) is 0. The molecule has 0 aliphatic heterocycles. The summed E-state index contributed by atoms with van der Waals surface area (Å²) in [5, 5.41) is 2.72. The van der Waals surface area contributed by atoms with E-state index in [1.165, 1.54) is 0 Å². The van der Waals surface area contributed by atoms with Gasteiger partial charge < -0.3 is 15.8 Å². The molecule has 0 spiro atoms. The van der Waals surface area contributed by atoms with Crippen molar-refractivity contribution in [1.82, 2.24) is 0 Å². The standard InChI is InChI=1S/C11H15BrN2O2/c1-7(2)16-6-11(15)14-8-3-4-10(13)9(12)5-8/h3-5,7H,6,13H2,1-2H3,(H,14,15). The first-order valence-corrected chi connectivity index (χ1v) is 5.75. The fraction of sp³-hybridized carbons (Fsp3) is 0.364. The number of nitrogens with two attached hydrogens (primary N) is 1. The van der Waals surface area contributed by atoms with E-state index in [1.807, 2.05) is 13.8 Å². The van der Waals surface area contributed by atoms with Crippen LogP contribution in [-0.4, -0.2) is 18.6 Å². The van der Waals surface area contributed by atoms with Gasteiger partial charge in [-0.25, -0.2) is 0 Å². The van der Waals surface area contributed by atoms with Crippen molar-refractivity contribution in [2.24, 2.45) is 0 Å². The average molecular weight is 287 g/mol. The lowest BCUT2D eigenvalue weighted by atomic mass is 10.3. The third-order valence-corrected chi connectivity index (χ3v) is 2.52. The monoisotopic (exact) mass is 286 g/mol. The summed E-state index contributed by atoms with van der Waals surface area (Å²) in [5.74, 6) is -0.176. The van der Waals surface area contributed by atoms with Crippen molar-refractivity contribution in [1.29, 1.82) is 0 Å². The van der Waals surface area contributed by atoms with Crippen LogP contribution < -0.4 is 11.1 Å². The van der Waals surface area contributed by atoms with E-state index in [-0.39, 0.29) is 18.6 Å². The number of halogens is 1. The van der Waals surface area contributed by atoms with Crippen LogP contribution in [-0.2, 0) is 9.53 Å². The summed E-state index contributed by atoms with van der Waals surface area (Å²) in [6.45, 7) is 3.82.